The van der Waals surface area contributed by atoms with Crippen LogP contribution in [0.3, 0.4) is 0 Å². The van der Waals surface area contributed by atoms with Crippen LogP contribution in [0.2, 0.25) is 0 Å². The molecule has 0 saturated heterocycles. The molecular weight excluding hydrogens is 438 g/mol. The van der Waals surface area contributed by atoms with Crippen LogP contribution in [0.15, 0.2) is 72.8 Å². The highest BCUT2D eigenvalue weighted by Gasteiger charge is 2.72. The molecule has 0 aliphatic rings. The van der Waals surface area contributed by atoms with Gasteiger partial charge in [0, 0.05) is 11.0 Å². The SMILES string of the molecule is CC(c1ccccc1)(c1ccc(O)cc1)c1ccc(O)c(C(O)(C(F)(F)F)C(F)(F)F)c1. The summed E-state index contributed by atoms with van der Waals surface area (Å²) in [6.07, 6.45) is -12.3. The predicted molar refractivity (Wildman–Crippen MR) is 104 cm³/mol. The number of rotatable bonds is 4. The van der Waals surface area contributed by atoms with Crippen LogP contribution >= 0.6 is 0 Å². The van der Waals surface area contributed by atoms with Crippen LogP contribution in [0.5, 0.6) is 11.5 Å². The lowest BCUT2D eigenvalue weighted by Crippen LogP contribution is -2.54. The van der Waals surface area contributed by atoms with Gasteiger partial charge in [0.25, 0.3) is 5.60 Å². The van der Waals surface area contributed by atoms with Gasteiger partial charge in [-0.25, -0.2) is 0 Å². The fraction of sp³-hybridized carbons (Fsp3) is 0.217. The van der Waals surface area contributed by atoms with Gasteiger partial charge in [0.05, 0.1) is 0 Å². The number of aromatic hydroxyl groups is 2. The van der Waals surface area contributed by atoms with Crippen molar-refractivity contribution < 1.29 is 41.7 Å². The number of aliphatic hydroxyl groups is 1. The first-order valence-corrected chi connectivity index (χ1v) is 9.27. The maximum atomic E-state index is 13.5. The summed E-state index contributed by atoms with van der Waals surface area (Å²) < 4.78 is 80.9. The van der Waals surface area contributed by atoms with Gasteiger partial charge in [0.15, 0.2) is 0 Å². The van der Waals surface area contributed by atoms with Crippen molar-refractivity contribution in [2.45, 2.75) is 30.3 Å². The summed E-state index contributed by atoms with van der Waals surface area (Å²) in [5.74, 6) is -1.44. The van der Waals surface area contributed by atoms with Crippen LogP contribution in [0.25, 0.3) is 0 Å². The quantitative estimate of drug-likeness (QED) is 0.345. The maximum Gasteiger partial charge on any atom is 0.430 e. The van der Waals surface area contributed by atoms with E-state index >= 15 is 0 Å². The summed E-state index contributed by atoms with van der Waals surface area (Å²) in [5.41, 5.74) is -7.39. The van der Waals surface area contributed by atoms with E-state index < -0.39 is 34.7 Å². The summed E-state index contributed by atoms with van der Waals surface area (Å²) in [5, 5.41) is 29.4. The fourth-order valence-electron chi connectivity index (χ4n) is 3.67. The van der Waals surface area contributed by atoms with Crippen molar-refractivity contribution in [3.63, 3.8) is 0 Å². The van der Waals surface area contributed by atoms with Gasteiger partial charge in [-0.05, 0) is 47.9 Å². The molecule has 3 nitrogen and oxygen atoms in total. The van der Waals surface area contributed by atoms with Crippen molar-refractivity contribution in [1.82, 2.24) is 0 Å². The normalized spacial score (nSPS) is 14.8. The minimum Gasteiger partial charge on any atom is -0.508 e. The van der Waals surface area contributed by atoms with Crippen LogP contribution in [0.1, 0.15) is 29.2 Å². The number of phenols is 2. The lowest BCUT2D eigenvalue weighted by molar-refractivity contribution is -0.376. The lowest BCUT2D eigenvalue weighted by Gasteiger charge is -2.36. The molecule has 32 heavy (non-hydrogen) atoms. The minimum atomic E-state index is -6.15. The summed E-state index contributed by atoms with van der Waals surface area (Å²) in [4.78, 5) is 0. The molecule has 0 aromatic heterocycles. The number of halogens is 6. The van der Waals surface area contributed by atoms with E-state index in [9.17, 15) is 41.7 Å². The fourth-order valence-corrected chi connectivity index (χ4v) is 3.67. The second-order valence-corrected chi connectivity index (χ2v) is 7.48. The minimum absolute atomic E-state index is 0.0471. The Morgan fingerprint density at radius 1 is 0.625 bits per heavy atom. The molecule has 0 saturated carbocycles. The first kappa shape index (κ1) is 23.5. The molecule has 170 valence electrons. The summed E-state index contributed by atoms with van der Waals surface area (Å²) >= 11 is 0. The van der Waals surface area contributed by atoms with E-state index in [0.29, 0.717) is 23.3 Å². The van der Waals surface area contributed by atoms with Gasteiger partial charge in [-0.3, -0.25) is 0 Å². The van der Waals surface area contributed by atoms with E-state index in [4.69, 9.17) is 0 Å². The Hall–Kier alpha value is -3.20. The van der Waals surface area contributed by atoms with Gasteiger partial charge in [-0.2, -0.15) is 26.3 Å². The number of hydrogen-bond donors (Lipinski definition) is 3. The van der Waals surface area contributed by atoms with Crippen molar-refractivity contribution >= 4 is 0 Å². The summed E-state index contributed by atoms with van der Waals surface area (Å²) in [7, 11) is 0. The van der Waals surface area contributed by atoms with Gasteiger partial charge in [-0.15, -0.1) is 0 Å². The van der Waals surface area contributed by atoms with Gasteiger partial charge in [-0.1, -0.05) is 48.5 Å². The second kappa shape index (κ2) is 7.74. The molecule has 0 aliphatic carbocycles. The Morgan fingerprint density at radius 2 is 1.09 bits per heavy atom. The molecule has 0 heterocycles. The number of phenolic OH excluding ortho intramolecular Hbond substituents is 2. The van der Waals surface area contributed by atoms with Gasteiger partial charge in [0.1, 0.15) is 11.5 Å². The van der Waals surface area contributed by atoms with Gasteiger partial charge < -0.3 is 15.3 Å². The zero-order chi connectivity index (χ0) is 23.9. The molecule has 3 aromatic rings. The average Bonchev–Trinajstić information content (AvgIpc) is 2.72. The van der Waals surface area contributed by atoms with E-state index in [-0.39, 0.29) is 11.3 Å². The topological polar surface area (TPSA) is 60.7 Å². The highest BCUT2D eigenvalue weighted by Crippen LogP contribution is 2.53. The number of hydrogen-bond acceptors (Lipinski definition) is 3. The Balaban J connectivity index is 2.35. The molecule has 0 fully saturated rings. The van der Waals surface area contributed by atoms with E-state index in [2.05, 4.69) is 0 Å². The predicted octanol–water partition coefficient (Wildman–Crippen LogP) is 5.76. The highest BCUT2D eigenvalue weighted by atomic mass is 19.4. The van der Waals surface area contributed by atoms with Crippen molar-refractivity contribution in [1.29, 1.82) is 0 Å². The van der Waals surface area contributed by atoms with Gasteiger partial charge in [0.2, 0.25) is 0 Å². The first-order chi connectivity index (χ1) is 14.7. The number of alkyl halides is 6. The van der Waals surface area contributed by atoms with Crippen LogP contribution in [0.4, 0.5) is 26.3 Å². The van der Waals surface area contributed by atoms with E-state index in [1.807, 2.05) is 0 Å². The van der Waals surface area contributed by atoms with E-state index in [1.165, 1.54) is 30.3 Å². The Labute approximate surface area is 179 Å². The molecule has 0 amide bonds. The zero-order valence-electron chi connectivity index (χ0n) is 16.5. The average molecular weight is 456 g/mol. The van der Waals surface area contributed by atoms with E-state index in [0.717, 1.165) is 0 Å². The Bertz CT molecular complexity index is 1080. The van der Waals surface area contributed by atoms with Crippen LogP contribution in [-0.2, 0) is 11.0 Å². The van der Waals surface area contributed by atoms with Crippen molar-refractivity contribution in [2.24, 2.45) is 0 Å². The smallest absolute Gasteiger partial charge is 0.430 e. The zero-order valence-corrected chi connectivity index (χ0v) is 16.5. The molecule has 1 unspecified atom stereocenters. The Morgan fingerprint density at radius 3 is 1.59 bits per heavy atom. The Kier molecular flexibility index (Phi) is 5.67. The maximum absolute atomic E-state index is 13.5. The monoisotopic (exact) mass is 456 g/mol. The molecule has 3 rings (SSSR count). The molecule has 0 bridgehead atoms. The van der Waals surface area contributed by atoms with Crippen molar-refractivity contribution in [3.8, 4) is 11.5 Å². The van der Waals surface area contributed by atoms with Crippen LogP contribution in [-0.4, -0.2) is 27.7 Å². The first-order valence-electron chi connectivity index (χ1n) is 9.27. The van der Waals surface area contributed by atoms with E-state index in [1.54, 1.807) is 37.3 Å². The largest absolute Gasteiger partial charge is 0.508 e. The molecule has 9 heteroatoms. The molecule has 1 atom stereocenters. The van der Waals surface area contributed by atoms with Crippen LogP contribution in [0, 0.1) is 0 Å². The molecule has 3 N–H and O–H groups in total. The number of benzene rings is 3. The highest BCUT2D eigenvalue weighted by molar-refractivity contribution is 5.54. The lowest BCUT2D eigenvalue weighted by atomic mass is 9.70. The molecule has 0 aliphatic heterocycles. The third kappa shape index (κ3) is 3.66. The molecule has 0 radical (unpaired) electrons. The molecule has 3 aromatic carbocycles. The van der Waals surface area contributed by atoms with Crippen LogP contribution < -0.4 is 0 Å². The molecule has 0 spiro atoms. The third-order valence-corrected chi connectivity index (χ3v) is 5.58. The standard InChI is InChI=1S/C23H18F6O3/c1-20(14-5-3-2-4-6-14,15-7-10-17(30)11-8-15)16-9-12-19(31)18(13-16)21(32,22(24,25)26)23(27,28)29/h2-13,30-32H,1H3. The second-order valence-electron chi connectivity index (χ2n) is 7.48. The van der Waals surface area contributed by atoms with Crippen molar-refractivity contribution in [2.75, 3.05) is 0 Å². The summed E-state index contributed by atoms with van der Waals surface area (Å²) in [6.45, 7) is 1.57. The third-order valence-electron chi connectivity index (χ3n) is 5.58. The summed E-state index contributed by atoms with van der Waals surface area (Å²) in [6, 6.07) is 16.3. The van der Waals surface area contributed by atoms with Crippen molar-refractivity contribution in [3.05, 3.63) is 95.1 Å². The molecular formula is C23H18F6O3. The van der Waals surface area contributed by atoms with Gasteiger partial charge >= 0.3 is 12.4 Å².